The Balaban J connectivity index is 2.07. The Morgan fingerprint density at radius 3 is 2.53 bits per heavy atom. The van der Waals surface area contributed by atoms with E-state index in [2.05, 4.69) is 13.2 Å². The maximum Gasteiger partial charge on any atom is 0.156 e. The van der Waals surface area contributed by atoms with Gasteiger partial charge in [0.15, 0.2) is 6.10 Å². The molecule has 2 fully saturated rings. The number of fused-ring (bicyclic) bond motifs is 2. The van der Waals surface area contributed by atoms with Gasteiger partial charge in [0.1, 0.15) is 18.3 Å². The lowest BCUT2D eigenvalue weighted by atomic mass is 9.92. The minimum atomic E-state index is -0.129. The van der Waals surface area contributed by atoms with E-state index in [1.165, 1.54) is 12.5 Å². The van der Waals surface area contributed by atoms with Crippen molar-refractivity contribution >= 4 is 0 Å². The summed E-state index contributed by atoms with van der Waals surface area (Å²) in [7, 11) is 1.66. The van der Waals surface area contributed by atoms with Crippen molar-refractivity contribution in [1.29, 1.82) is 0 Å². The molecule has 2 aliphatic rings. The molecule has 5 atom stereocenters. The quantitative estimate of drug-likeness (QED) is 0.642. The molecule has 0 saturated carbocycles. The first-order chi connectivity index (χ1) is 7.31. The largest absolute Gasteiger partial charge is 0.496 e. The maximum absolute atomic E-state index is 5.74. The Hall–Kier alpha value is -1.00. The summed E-state index contributed by atoms with van der Waals surface area (Å²) in [6.45, 7) is 7.10. The van der Waals surface area contributed by atoms with Crippen LogP contribution in [0.5, 0.6) is 0 Å². The molecule has 2 heterocycles. The molecule has 0 amide bonds. The molecule has 0 aliphatic carbocycles. The zero-order chi connectivity index (χ0) is 10.8. The molecule has 2 rings (SSSR count). The van der Waals surface area contributed by atoms with E-state index in [4.69, 9.17) is 18.9 Å². The van der Waals surface area contributed by atoms with E-state index in [1.54, 1.807) is 7.11 Å². The number of hydrogen-bond donors (Lipinski definition) is 0. The van der Waals surface area contributed by atoms with Crippen LogP contribution in [0.1, 0.15) is 6.42 Å². The monoisotopic (exact) mass is 212 g/mol. The molecule has 0 aromatic rings. The zero-order valence-corrected chi connectivity index (χ0v) is 8.80. The third kappa shape index (κ3) is 1.64. The van der Waals surface area contributed by atoms with Crippen LogP contribution in [0.4, 0.5) is 0 Å². The van der Waals surface area contributed by atoms with Gasteiger partial charge in [0.25, 0.3) is 0 Å². The number of methoxy groups -OCH3 is 1. The molecule has 0 N–H and O–H groups in total. The highest BCUT2D eigenvalue weighted by Crippen LogP contribution is 2.39. The van der Waals surface area contributed by atoms with Gasteiger partial charge in [-0.1, -0.05) is 13.2 Å². The lowest BCUT2D eigenvalue weighted by Gasteiger charge is -2.30. The van der Waals surface area contributed by atoms with Crippen molar-refractivity contribution in [3.8, 4) is 0 Å². The minimum Gasteiger partial charge on any atom is -0.496 e. The standard InChI is InChI=1S/C11H16O4/c1-4-13-7-6-8-9(12-3)11(14-5-2)10(7)15-8/h4-5,7-11H,1-2,6H2,3H3. The Bertz CT molecular complexity index is 253. The van der Waals surface area contributed by atoms with Crippen molar-refractivity contribution in [2.24, 2.45) is 0 Å². The molecular formula is C11H16O4. The molecule has 0 aromatic carbocycles. The smallest absolute Gasteiger partial charge is 0.156 e. The van der Waals surface area contributed by atoms with Crippen LogP contribution < -0.4 is 0 Å². The molecule has 0 spiro atoms. The molecule has 4 nitrogen and oxygen atoms in total. The van der Waals surface area contributed by atoms with Gasteiger partial charge in [0.05, 0.1) is 18.6 Å². The first kappa shape index (κ1) is 10.5. The van der Waals surface area contributed by atoms with Crippen LogP contribution in [-0.2, 0) is 18.9 Å². The Morgan fingerprint density at radius 1 is 1.20 bits per heavy atom. The highest BCUT2D eigenvalue weighted by Gasteiger charge is 2.56. The van der Waals surface area contributed by atoms with E-state index in [0.29, 0.717) is 0 Å². The van der Waals surface area contributed by atoms with E-state index >= 15 is 0 Å². The third-order valence-corrected chi connectivity index (χ3v) is 2.97. The van der Waals surface area contributed by atoms with Crippen molar-refractivity contribution in [2.75, 3.05) is 7.11 Å². The SMILES string of the molecule is C=COC1CC2OC1C(OC=C)C2OC. The van der Waals surface area contributed by atoms with Crippen LogP contribution in [0.2, 0.25) is 0 Å². The van der Waals surface area contributed by atoms with Crippen molar-refractivity contribution in [3.05, 3.63) is 25.7 Å². The summed E-state index contributed by atoms with van der Waals surface area (Å²) < 4.78 is 21.9. The Labute approximate surface area is 89.5 Å². The highest BCUT2D eigenvalue weighted by atomic mass is 16.6. The number of rotatable bonds is 5. The number of hydrogen-bond acceptors (Lipinski definition) is 4. The Kier molecular flexibility index (Phi) is 2.98. The van der Waals surface area contributed by atoms with E-state index in [9.17, 15) is 0 Å². The molecule has 84 valence electrons. The molecule has 2 saturated heterocycles. The van der Waals surface area contributed by atoms with Crippen molar-refractivity contribution in [3.63, 3.8) is 0 Å². The van der Waals surface area contributed by atoms with Crippen LogP contribution in [-0.4, -0.2) is 37.6 Å². The molecule has 2 bridgehead atoms. The lowest BCUT2D eigenvalue weighted by molar-refractivity contribution is -0.0578. The second-order valence-corrected chi connectivity index (χ2v) is 3.68. The van der Waals surface area contributed by atoms with E-state index in [-0.39, 0.29) is 30.5 Å². The summed E-state index contributed by atoms with van der Waals surface area (Å²) in [6.07, 6.45) is 3.52. The van der Waals surface area contributed by atoms with Crippen molar-refractivity contribution < 1.29 is 18.9 Å². The predicted molar refractivity (Wildman–Crippen MR) is 54.2 cm³/mol. The molecule has 15 heavy (non-hydrogen) atoms. The molecule has 0 aromatic heterocycles. The average Bonchev–Trinajstić information content (AvgIpc) is 2.76. The van der Waals surface area contributed by atoms with Gasteiger partial charge < -0.3 is 18.9 Å². The summed E-state index contributed by atoms with van der Waals surface area (Å²) in [4.78, 5) is 0. The van der Waals surface area contributed by atoms with E-state index in [0.717, 1.165) is 6.42 Å². The minimum absolute atomic E-state index is 0.0175. The lowest BCUT2D eigenvalue weighted by Crippen LogP contribution is -2.46. The molecular weight excluding hydrogens is 196 g/mol. The summed E-state index contributed by atoms with van der Waals surface area (Å²) in [5.41, 5.74) is 0. The zero-order valence-electron chi connectivity index (χ0n) is 8.80. The van der Waals surface area contributed by atoms with Gasteiger partial charge in [-0.15, -0.1) is 0 Å². The van der Waals surface area contributed by atoms with Gasteiger partial charge >= 0.3 is 0 Å². The second-order valence-electron chi connectivity index (χ2n) is 3.68. The molecule has 2 aliphatic heterocycles. The van der Waals surface area contributed by atoms with Crippen LogP contribution in [0.15, 0.2) is 25.7 Å². The summed E-state index contributed by atoms with van der Waals surface area (Å²) in [6, 6.07) is 0. The van der Waals surface area contributed by atoms with Crippen LogP contribution in [0, 0.1) is 0 Å². The first-order valence-corrected chi connectivity index (χ1v) is 5.02. The fourth-order valence-electron chi connectivity index (χ4n) is 2.42. The number of ether oxygens (including phenoxy) is 4. The normalized spacial score (nSPS) is 42.6. The van der Waals surface area contributed by atoms with Crippen LogP contribution in [0.25, 0.3) is 0 Å². The fourth-order valence-corrected chi connectivity index (χ4v) is 2.42. The molecule has 4 heteroatoms. The van der Waals surface area contributed by atoms with Crippen molar-refractivity contribution in [2.45, 2.75) is 36.9 Å². The summed E-state index contributed by atoms with van der Waals surface area (Å²) >= 11 is 0. The van der Waals surface area contributed by atoms with Gasteiger partial charge in [0, 0.05) is 13.5 Å². The van der Waals surface area contributed by atoms with Gasteiger partial charge in [-0.05, 0) is 0 Å². The van der Waals surface area contributed by atoms with Gasteiger partial charge in [-0.2, -0.15) is 0 Å². The highest BCUT2D eigenvalue weighted by molar-refractivity contribution is 5.05. The first-order valence-electron chi connectivity index (χ1n) is 5.02. The van der Waals surface area contributed by atoms with Gasteiger partial charge in [0.2, 0.25) is 0 Å². The maximum atomic E-state index is 5.74. The predicted octanol–water partition coefficient (Wildman–Crippen LogP) is 1.23. The summed E-state index contributed by atoms with van der Waals surface area (Å²) in [5.74, 6) is 0. The van der Waals surface area contributed by atoms with Gasteiger partial charge in [-0.3, -0.25) is 0 Å². The van der Waals surface area contributed by atoms with Gasteiger partial charge in [-0.25, -0.2) is 0 Å². The van der Waals surface area contributed by atoms with Crippen LogP contribution >= 0.6 is 0 Å². The molecule has 5 unspecified atom stereocenters. The summed E-state index contributed by atoms with van der Waals surface area (Å²) in [5, 5.41) is 0. The van der Waals surface area contributed by atoms with Crippen LogP contribution in [0.3, 0.4) is 0 Å². The Morgan fingerprint density at radius 2 is 1.93 bits per heavy atom. The molecule has 0 radical (unpaired) electrons. The van der Waals surface area contributed by atoms with E-state index < -0.39 is 0 Å². The second kappa shape index (κ2) is 4.24. The van der Waals surface area contributed by atoms with E-state index in [1.807, 2.05) is 0 Å². The van der Waals surface area contributed by atoms with Crippen molar-refractivity contribution in [1.82, 2.24) is 0 Å². The topological polar surface area (TPSA) is 36.9 Å². The fraction of sp³-hybridized carbons (Fsp3) is 0.636. The average molecular weight is 212 g/mol. The third-order valence-electron chi connectivity index (χ3n) is 2.97.